The molecule has 0 aliphatic carbocycles. The van der Waals surface area contributed by atoms with Gasteiger partial charge < -0.3 is 10.1 Å². The number of nitrogens with one attached hydrogen (secondary N) is 1. The first-order chi connectivity index (χ1) is 10.3. The SMILES string of the molecule is CCOC(=O)CCn1nc(-c2cccs2)c2c1CCNC2. The van der Waals surface area contributed by atoms with Crippen molar-refractivity contribution in [2.75, 3.05) is 13.2 Å². The third kappa shape index (κ3) is 3.01. The maximum Gasteiger partial charge on any atom is 0.307 e. The minimum Gasteiger partial charge on any atom is -0.466 e. The van der Waals surface area contributed by atoms with Gasteiger partial charge in [0.2, 0.25) is 0 Å². The molecule has 0 atom stereocenters. The van der Waals surface area contributed by atoms with Gasteiger partial charge in [-0.2, -0.15) is 5.10 Å². The first-order valence-corrected chi connectivity index (χ1v) is 8.16. The van der Waals surface area contributed by atoms with Gasteiger partial charge in [-0.15, -0.1) is 11.3 Å². The number of esters is 1. The quantitative estimate of drug-likeness (QED) is 0.861. The van der Waals surface area contributed by atoms with E-state index in [1.54, 1.807) is 11.3 Å². The molecule has 0 amide bonds. The van der Waals surface area contributed by atoms with Crippen LogP contribution < -0.4 is 5.32 Å². The number of rotatable bonds is 5. The number of hydrogen-bond acceptors (Lipinski definition) is 5. The van der Waals surface area contributed by atoms with Crippen LogP contribution in [0.25, 0.3) is 10.6 Å². The Hall–Kier alpha value is -1.66. The summed E-state index contributed by atoms with van der Waals surface area (Å²) in [4.78, 5) is 12.7. The number of carbonyl (C=O) groups excluding carboxylic acids is 1. The molecular formula is C15H19N3O2S. The fourth-order valence-electron chi connectivity index (χ4n) is 2.65. The Balaban J connectivity index is 1.85. The van der Waals surface area contributed by atoms with Gasteiger partial charge in [-0.05, 0) is 18.4 Å². The molecule has 3 rings (SSSR count). The van der Waals surface area contributed by atoms with Crippen LogP contribution in [0.5, 0.6) is 0 Å². The van der Waals surface area contributed by atoms with E-state index in [1.807, 2.05) is 17.7 Å². The summed E-state index contributed by atoms with van der Waals surface area (Å²) in [6.45, 7) is 4.66. The molecular weight excluding hydrogens is 286 g/mol. The van der Waals surface area contributed by atoms with Crippen molar-refractivity contribution in [1.82, 2.24) is 15.1 Å². The molecule has 0 spiro atoms. The molecule has 0 saturated heterocycles. The Morgan fingerprint density at radius 1 is 1.57 bits per heavy atom. The van der Waals surface area contributed by atoms with E-state index < -0.39 is 0 Å². The maximum atomic E-state index is 11.5. The number of aryl methyl sites for hydroxylation is 1. The lowest BCUT2D eigenvalue weighted by Gasteiger charge is -2.15. The molecule has 3 heterocycles. The predicted octanol–water partition coefficient (Wildman–Crippen LogP) is 2.21. The lowest BCUT2D eigenvalue weighted by atomic mass is 10.1. The first-order valence-electron chi connectivity index (χ1n) is 7.28. The van der Waals surface area contributed by atoms with Crippen LogP contribution in [-0.2, 0) is 29.0 Å². The van der Waals surface area contributed by atoms with Crippen molar-refractivity contribution in [2.24, 2.45) is 0 Å². The van der Waals surface area contributed by atoms with Crippen molar-refractivity contribution < 1.29 is 9.53 Å². The van der Waals surface area contributed by atoms with Gasteiger partial charge in [0, 0.05) is 30.8 Å². The van der Waals surface area contributed by atoms with Gasteiger partial charge in [-0.3, -0.25) is 9.48 Å². The number of nitrogens with zero attached hydrogens (tertiary/aromatic N) is 2. The number of ether oxygens (including phenoxy) is 1. The highest BCUT2D eigenvalue weighted by Crippen LogP contribution is 2.30. The molecule has 112 valence electrons. The molecule has 1 N–H and O–H groups in total. The molecule has 0 aromatic carbocycles. The summed E-state index contributed by atoms with van der Waals surface area (Å²) in [7, 11) is 0. The number of thiophene rings is 1. The lowest BCUT2D eigenvalue weighted by molar-refractivity contribution is -0.143. The van der Waals surface area contributed by atoms with E-state index in [2.05, 4.69) is 16.8 Å². The van der Waals surface area contributed by atoms with Gasteiger partial charge in [0.15, 0.2) is 0 Å². The van der Waals surface area contributed by atoms with E-state index in [4.69, 9.17) is 9.84 Å². The third-order valence-corrected chi connectivity index (χ3v) is 4.47. The third-order valence-electron chi connectivity index (χ3n) is 3.59. The number of carbonyl (C=O) groups is 1. The zero-order chi connectivity index (χ0) is 14.7. The Morgan fingerprint density at radius 2 is 2.48 bits per heavy atom. The lowest BCUT2D eigenvalue weighted by Crippen LogP contribution is -2.25. The number of fused-ring (bicyclic) bond motifs is 1. The van der Waals surface area contributed by atoms with Crippen molar-refractivity contribution in [3.8, 4) is 10.6 Å². The van der Waals surface area contributed by atoms with Crippen molar-refractivity contribution in [1.29, 1.82) is 0 Å². The summed E-state index contributed by atoms with van der Waals surface area (Å²) < 4.78 is 6.98. The van der Waals surface area contributed by atoms with Crippen LogP contribution in [0, 0.1) is 0 Å². The van der Waals surface area contributed by atoms with Crippen molar-refractivity contribution in [2.45, 2.75) is 32.9 Å². The minimum absolute atomic E-state index is 0.159. The molecule has 1 aliphatic rings. The summed E-state index contributed by atoms with van der Waals surface area (Å²) in [5.74, 6) is -0.159. The van der Waals surface area contributed by atoms with Gasteiger partial charge in [0.25, 0.3) is 0 Å². The zero-order valence-corrected chi connectivity index (χ0v) is 12.9. The van der Waals surface area contributed by atoms with Crippen molar-refractivity contribution >= 4 is 17.3 Å². The molecule has 1 aliphatic heterocycles. The Morgan fingerprint density at radius 3 is 3.24 bits per heavy atom. The van der Waals surface area contributed by atoms with Crippen LogP contribution in [0.2, 0.25) is 0 Å². The van der Waals surface area contributed by atoms with Crippen LogP contribution in [0.3, 0.4) is 0 Å². The van der Waals surface area contributed by atoms with E-state index in [1.165, 1.54) is 16.1 Å². The number of hydrogen-bond donors (Lipinski definition) is 1. The molecule has 2 aromatic rings. The summed E-state index contributed by atoms with van der Waals surface area (Å²) >= 11 is 1.70. The molecule has 0 saturated carbocycles. The monoisotopic (exact) mass is 305 g/mol. The van der Waals surface area contributed by atoms with Crippen LogP contribution >= 0.6 is 11.3 Å². The number of aromatic nitrogens is 2. The molecule has 0 bridgehead atoms. The van der Waals surface area contributed by atoms with Crippen LogP contribution in [-0.4, -0.2) is 28.9 Å². The normalized spacial score (nSPS) is 14.0. The maximum absolute atomic E-state index is 11.5. The summed E-state index contributed by atoms with van der Waals surface area (Å²) in [5, 5.41) is 10.2. The summed E-state index contributed by atoms with van der Waals surface area (Å²) in [5.41, 5.74) is 3.57. The van der Waals surface area contributed by atoms with Crippen LogP contribution in [0.1, 0.15) is 24.6 Å². The van der Waals surface area contributed by atoms with Crippen LogP contribution in [0.4, 0.5) is 0 Å². The van der Waals surface area contributed by atoms with Crippen LogP contribution in [0.15, 0.2) is 17.5 Å². The fraction of sp³-hybridized carbons (Fsp3) is 0.467. The van der Waals surface area contributed by atoms with E-state index in [-0.39, 0.29) is 5.97 Å². The zero-order valence-electron chi connectivity index (χ0n) is 12.1. The predicted molar refractivity (Wildman–Crippen MR) is 82.2 cm³/mol. The standard InChI is InChI=1S/C15H19N3O2S/c1-2-20-14(19)6-8-18-12-5-7-16-10-11(12)15(17-18)13-4-3-9-21-13/h3-4,9,16H,2,5-8,10H2,1H3. The highest BCUT2D eigenvalue weighted by molar-refractivity contribution is 7.13. The highest BCUT2D eigenvalue weighted by atomic mass is 32.1. The summed E-state index contributed by atoms with van der Waals surface area (Å²) in [6, 6.07) is 4.14. The van der Waals surface area contributed by atoms with E-state index in [0.29, 0.717) is 19.6 Å². The topological polar surface area (TPSA) is 56.2 Å². The largest absolute Gasteiger partial charge is 0.466 e. The average Bonchev–Trinajstić information content (AvgIpc) is 3.13. The average molecular weight is 305 g/mol. The first kappa shape index (κ1) is 14.3. The van der Waals surface area contributed by atoms with Gasteiger partial charge in [-0.25, -0.2) is 0 Å². The second kappa shape index (κ2) is 6.41. The van der Waals surface area contributed by atoms with E-state index in [9.17, 15) is 4.79 Å². The molecule has 0 radical (unpaired) electrons. The Kier molecular flexibility index (Phi) is 4.36. The van der Waals surface area contributed by atoms with Gasteiger partial charge in [-0.1, -0.05) is 6.07 Å². The molecule has 5 nitrogen and oxygen atoms in total. The Bertz CT molecular complexity index is 619. The van der Waals surface area contributed by atoms with Crippen molar-refractivity contribution in [3.05, 3.63) is 28.8 Å². The van der Waals surface area contributed by atoms with Gasteiger partial charge in [0.1, 0.15) is 5.69 Å². The second-order valence-corrected chi connectivity index (χ2v) is 5.90. The second-order valence-electron chi connectivity index (χ2n) is 4.96. The van der Waals surface area contributed by atoms with Gasteiger partial charge >= 0.3 is 5.97 Å². The Labute approximate surface area is 127 Å². The van der Waals surface area contributed by atoms with E-state index >= 15 is 0 Å². The highest BCUT2D eigenvalue weighted by Gasteiger charge is 2.22. The molecule has 0 unspecified atom stereocenters. The van der Waals surface area contributed by atoms with Crippen molar-refractivity contribution in [3.63, 3.8) is 0 Å². The minimum atomic E-state index is -0.159. The molecule has 0 fully saturated rings. The van der Waals surface area contributed by atoms with Gasteiger partial charge in [0.05, 0.1) is 24.4 Å². The fourth-order valence-corrected chi connectivity index (χ4v) is 3.38. The smallest absolute Gasteiger partial charge is 0.307 e. The van der Waals surface area contributed by atoms with E-state index in [0.717, 1.165) is 25.2 Å². The summed E-state index contributed by atoms with van der Waals surface area (Å²) in [6.07, 6.45) is 1.33. The molecule has 6 heteroatoms. The molecule has 21 heavy (non-hydrogen) atoms. The molecule has 2 aromatic heterocycles.